The zero-order valence-electron chi connectivity index (χ0n) is 13.3. The lowest BCUT2D eigenvalue weighted by atomic mass is 10.1. The molecule has 0 radical (unpaired) electrons. The Kier molecular flexibility index (Phi) is 5.32. The number of hydrogen-bond donors (Lipinski definition) is 1. The number of aryl methyl sites for hydroxylation is 2. The molecule has 2 aromatic rings. The molecule has 1 amide bonds. The average Bonchev–Trinajstić information content (AvgIpc) is 2.49. The van der Waals surface area contributed by atoms with Crippen LogP contribution in [0.2, 0.25) is 0 Å². The summed E-state index contributed by atoms with van der Waals surface area (Å²) < 4.78 is 31.7. The molecule has 0 aliphatic heterocycles. The van der Waals surface area contributed by atoms with Gasteiger partial charge in [0, 0.05) is 0 Å². The second-order valence-electron chi connectivity index (χ2n) is 5.47. The maximum absolute atomic E-state index is 13.2. The quantitative estimate of drug-likeness (QED) is 0.909. The highest BCUT2D eigenvalue weighted by Gasteiger charge is 2.13. The standard InChI is InChI=1S/C18H19F2NO2/c1-11-5-4-6-12(2)18(11)23-10-17(22)21-13(3)14-7-8-15(19)16(20)9-14/h4-9,13H,10H2,1-3H3,(H,21,22). The Labute approximate surface area is 134 Å². The summed E-state index contributed by atoms with van der Waals surface area (Å²) in [6.07, 6.45) is 0. The van der Waals surface area contributed by atoms with E-state index < -0.39 is 17.7 Å². The van der Waals surface area contributed by atoms with Gasteiger partial charge < -0.3 is 10.1 Å². The van der Waals surface area contributed by atoms with Crippen molar-refractivity contribution in [2.75, 3.05) is 6.61 Å². The molecule has 0 aliphatic rings. The van der Waals surface area contributed by atoms with Gasteiger partial charge >= 0.3 is 0 Å². The molecule has 0 heterocycles. The third-order valence-corrected chi connectivity index (χ3v) is 3.58. The van der Waals surface area contributed by atoms with E-state index in [-0.39, 0.29) is 12.5 Å². The smallest absolute Gasteiger partial charge is 0.258 e. The van der Waals surface area contributed by atoms with Crippen LogP contribution in [-0.4, -0.2) is 12.5 Å². The minimum Gasteiger partial charge on any atom is -0.483 e. The van der Waals surface area contributed by atoms with Gasteiger partial charge in [0.05, 0.1) is 6.04 Å². The minimum atomic E-state index is -0.935. The maximum Gasteiger partial charge on any atom is 0.258 e. The van der Waals surface area contributed by atoms with Crippen LogP contribution in [0.3, 0.4) is 0 Å². The molecule has 3 nitrogen and oxygen atoms in total. The molecule has 2 rings (SSSR count). The number of rotatable bonds is 5. The van der Waals surface area contributed by atoms with Gasteiger partial charge in [0.15, 0.2) is 18.2 Å². The normalized spacial score (nSPS) is 11.9. The van der Waals surface area contributed by atoms with Crippen molar-refractivity contribution >= 4 is 5.91 Å². The molecule has 0 aromatic heterocycles. The van der Waals surface area contributed by atoms with E-state index in [4.69, 9.17) is 4.74 Å². The first kappa shape index (κ1) is 16.9. The van der Waals surface area contributed by atoms with E-state index >= 15 is 0 Å². The van der Waals surface area contributed by atoms with Gasteiger partial charge in [-0.1, -0.05) is 24.3 Å². The zero-order chi connectivity index (χ0) is 17.0. The Morgan fingerprint density at radius 1 is 1.13 bits per heavy atom. The Hall–Kier alpha value is -2.43. The van der Waals surface area contributed by atoms with Gasteiger partial charge in [-0.05, 0) is 49.6 Å². The number of nitrogens with one attached hydrogen (secondary N) is 1. The maximum atomic E-state index is 13.2. The van der Waals surface area contributed by atoms with E-state index in [9.17, 15) is 13.6 Å². The van der Waals surface area contributed by atoms with Crippen LogP contribution in [-0.2, 0) is 4.79 Å². The molecule has 23 heavy (non-hydrogen) atoms. The molecule has 122 valence electrons. The molecule has 0 fully saturated rings. The highest BCUT2D eigenvalue weighted by Crippen LogP contribution is 2.22. The van der Waals surface area contributed by atoms with Crippen molar-refractivity contribution in [3.8, 4) is 5.75 Å². The number of hydrogen-bond acceptors (Lipinski definition) is 2. The Morgan fingerprint density at radius 3 is 2.39 bits per heavy atom. The fourth-order valence-electron chi connectivity index (χ4n) is 2.31. The summed E-state index contributed by atoms with van der Waals surface area (Å²) in [6.45, 7) is 5.37. The summed E-state index contributed by atoms with van der Waals surface area (Å²) in [5.41, 5.74) is 2.39. The van der Waals surface area contributed by atoms with Gasteiger partial charge in [-0.15, -0.1) is 0 Å². The van der Waals surface area contributed by atoms with Gasteiger partial charge in [-0.2, -0.15) is 0 Å². The van der Waals surface area contributed by atoms with Crippen molar-refractivity contribution in [2.24, 2.45) is 0 Å². The molecule has 1 N–H and O–H groups in total. The molecule has 5 heteroatoms. The summed E-state index contributed by atoms with van der Waals surface area (Å²) in [5, 5.41) is 2.70. The van der Waals surface area contributed by atoms with Gasteiger partial charge in [-0.25, -0.2) is 8.78 Å². The highest BCUT2D eigenvalue weighted by molar-refractivity contribution is 5.78. The van der Waals surface area contributed by atoms with E-state index in [2.05, 4.69) is 5.32 Å². The summed E-state index contributed by atoms with van der Waals surface area (Å²) in [5.74, 6) is -1.49. The van der Waals surface area contributed by atoms with Crippen molar-refractivity contribution in [2.45, 2.75) is 26.8 Å². The molecule has 2 aromatic carbocycles. The van der Waals surface area contributed by atoms with Gasteiger partial charge in [0.25, 0.3) is 5.91 Å². The predicted molar refractivity (Wildman–Crippen MR) is 84.3 cm³/mol. The molecule has 1 unspecified atom stereocenters. The number of para-hydroxylation sites is 1. The second kappa shape index (κ2) is 7.22. The molecule has 1 atom stereocenters. The zero-order valence-corrected chi connectivity index (χ0v) is 13.3. The molecular weight excluding hydrogens is 300 g/mol. The number of carbonyl (C=O) groups excluding carboxylic acids is 1. The van der Waals surface area contributed by atoms with Crippen LogP contribution in [0.1, 0.15) is 29.7 Å². The van der Waals surface area contributed by atoms with E-state index in [1.54, 1.807) is 6.92 Å². The van der Waals surface area contributed by atoms with Crippen LogP contribution in [0, 0.1) is 25.5 Å². The molecule has 0 saturated heterocycles. The fraction of sp³-hybridized carbons (Fsp3) is 0.278. The first-order valence-electron chi connectivity index (χ1n) is 7.32. The predicted octanol–water partition coefficient (Wildman–Crippen LogP) is 3.84. The van der Waals surface area contributed by atoms with Crippen LogP contribution in [0.25, 0.3) is 0 Å². The summed E-state index contributed by atoms with van der Waals surface area (Å²) >= 11 is 0. The minimum absolute atomic E-state index is 0.139. The van der Waals surface area contributed by atoms with Crippen molar-refractivity contribution in [3.05, 3.63) is 64.7 Å². The second-order valence-corrected chi connectivity index (χ2v) is 5.47. The van der Waals surface area contributed by atoms with Crippen molar-refractivity contribution < 1.29 is 18.3 Å². The van der Waals surface area contributed by atoms with Gasteiger partial charge in [0.1, 0.15) is 5.75 Å². The monoisotopic (exact) mass is 319 g/mol. The van der Waals surface area contributed by atoms with E-state index in [1.165, 1.54) is 6.07 Å². The van der Waals surface area contributed by atoms with Crippen LogP contribution in [0.15, 0.2) is 36.4 Å². The SMILES string of the molecule is Cc1cccc(C)c1OCC(=O)NC(C)c1ccc(F)c(F)c1. The largest absolute Gasteiger partial charge is 0.483 e. The van der Waals surface area contributed by atoms with Gasteiger partial charge in [0.2, 0.25) is 0 Å². The summed E-state index contributed by atoms with van der Waals surface area (Å²) in [7, 11) is 0. The number of benzene rings is 2. The number of carbonyl (C=O) groups is 1. The van der Waals surface area contributed by atoms with Crippen LogP contribution in [0.5, 0.6) is 5.75 Å². The molecule has 0 bridgehead atoms. The number of amides is 1. The average molecular weight is 319 g/mol. The third-order valence-electron chi connectivity index (χ3n) is 3.58. The lowest BCUT2D eigenvalue weighted by Crippen LogP contribution is -2.31. The molecular formula is C18H19F2NO2. The summed E-state index contributed by atoms with van der Waals surface area (Å²) in [6, 6.07) is 8.85. The molecule has 0 spiro atoms. The molecule has 0 aliphatic carbocycles. The van der Waals surface area contributed by atoms with Crippen molar-refractivity contribution in [3.63, 3.8) is 0 Å². The Balaban J connectivity index is 1.95. The first-order chi connectivity index (χ1) is 10.9. The third kappa shape index (κ3) is 4.28. The topological polar surface area (TPSA) is 38.3 Å². The van der Waals surface area contributed by atoms with Crippen LogP contribution >= 0.6 is 0 Å². The number of halogens is 2. The van der Waals surface area contributed by atoms with E-state index in [1.807, 2.05) is 32.0 Å². The van der Waals surface area contributed by atoms with Crippen LogP contribution < -0.4 is 10.1 Å². The molecule has 0 saturated carbocycles. The lowest BCUT2D eigenvalue weighted by Gasteiger charge is -2.16. The highest BCUT2D eigenvalue weighted by atomic mass is 19.2. The Bertz CT molecular complexity index is 696. The van der Waals surface area contributed by atoms with Crippen LogP contribution in [0.4, 0.5) is 8.78 Å². The van der Waals surface area contributed by atoms with Gasteiger partial charge in [-0.3, -0.25) is 4.79 Å². The van der Waals surface area contributed by atoms with E-state index in [0.717, 1.165) is 23.3 Å². The lowest BCUT2D eigenvalue weighted by molar-refractivity contribution is -0.123. The van der Waals surface area contributed by atoms with E-state index in [0.29, 0.717) is 11.3 Å². The number of ether oxygens (including phenoxy) is 1. The van der Waals surface area contributed by atoms with Crippen molar-refractivity contribution in [1.29, 1.82) is 0 Å². The fourth-order valence-corrected chi connectivity index (χ4v) is 2.31. The van der Waals surface area contributed by atoms with Crippen molar-refractivity contribution in [1.82, 2.24) is 5.32 Å². The first-order valence-corrected chi connectivity index (χ1v) is 7.32. The Morgan fingerprint density at radius 2 is 1.78 bits per heavy atom. The summed E-state index contributed by atoms with van der Waals surface area (Å²) in [4.78, 5) is 12.0.